The Kier molecular flexibility index (Phi) is 6.65. The molecule has 1 saturated heterocycles. The van der Waals surface area contributed by atoms with Gasteiger partial charge in [-0.25, -0.2) is 0 Å². The summed E-state index contributed by atoms with van der Waals surface area (Å²) in [5, 5.41) is 11.7. The van der Waals surface area contributed by atoms with E-state index in [1.54, 1.807) is 0 Å². The topological polar surface area (TPSA) is 72.9 Å². The molecule has 1 heterocycles. The number of nitrogens with one attached hydrogen (secondary N) is 1. The summed E-state index contributed by atoms with van der Waals surface area (Å²) >= 11 is 0. The number of likely N-dealkylation sites (N-methyl/N-ethyl adjacent to an activating group) is 1. The number of halogens is 1. The first-order valence-electron chi connectivity index (χ1n) is 4.62. The van der Waals surface area contributed by atoms with E-state index in [1.807, 2.05) is 0 Å². The van der Waals surface area contributed by atoms with Crippen molar-refractivity contribution < 1.29 is 13.5 Å². The summed E-state index contributed by atoms with van der Waals surface area (Å²) in [5.41, 5.74) is 0. The Hall–Kier alpha value is 0.0800. The Morgan fingerprint density at radius 2 is 1.93 bits per heavy atom. The molecule has 0 aromatic rings. The molecule has 1 aliphatic rings. The summed E-state index contributed by atoms with van der Waals surface area (Å²) in [5.74, 6) is 0. The molecule has 1 aliphatic heterocycles. The van der Waals surface area contributed by atoms with E-state index >= 15 is 0 Å². The van der Waals surface area contributed by atoms with Crippen LogP contribution in [-0.4, -0.2) is 68.5 Å². The predicted octanol–water partition coefficient (Wildman–Crippen LogP) is -1.52. The molecule has 2 N–H and O–H groups in total. The number of aliphatic hydroxyl groups is 1. The average Bonchev–Trinajstić information content (AvgIpc) is 2.19. The lowest BCUT2D eigenvalue weighted by molar-refractivity contribution is 0.254. The van der Waals surface area contributed by atoms with Crippen LogP contribution in [0.15, 0.2) is 0 Å². The molecule has 6 nitrogen and oxygen atoms in total. The number of piperazine rings is 1. The number of nitrogens with zero attached hydrogens (tertiary/aromatic N) is 2. The highest BCUT2D eigenvalue weighted by molar-refractivity contribution is 7.86. The Labute approximate surface area is 96.8 Å². The third-order valence-corrected chi connectivity index (χ3v) is 4.20. The summed E-state index contributed by atoms with van der Waals surface area (Å²) in [6.07, 6.45) is 0. The van der Waals surface area contributed by atoms with Gasteiger partial charge in [0, 0.05) is 39.8 Å². The van der Waals surface area contributed by atoms with Gasteiger partial charge in [0.15, 0.2) is 0 Å². The van der Waals surface area contributed by atoms with Crippen molar-refractivity contribution in [3.63, 3.8) is 0 Å². The number of rotatable bonds is 4. The van der Waals surface area contributed by atoms with E-state index in [1.165, 1.54) is 15.7 Å². The van der Waals surface area contributed by atoms with Gasteiger partial charge in [0.05, 0.1) is 6.61 Å². The van der Waals surface area contributed by atoms with E-state index in [9.17, 15) is 8.42 Å². The fourth-order valence-electron chi connectivity index (χ4n) is 1.33. The summed E-state index contributed by atoms with van der Waals surface area (Å²) < 4.78 is 26.2. The standard InChI is InChI=1S/C7H17N3O3S.ClH/c1-9(6-7-11)14(12,13)10-4-2-8-3-5-10;/h8,11H,2-7H2,1H3;1H. The van der Waals surface area contributed by atoms with Crippen LogP contribution < -0.4 is 5.32 Å². The van der Waals surface area contributed by atoms with Gasteiger partial charge in [0.25, 0.3) is 10.2 Å². The maximum absolute atomic E-state index is 11.8. The van der Waals surface area contributed by atoms with Crippen LogP contribution in [0.5, 0.6) is 0 Å². The minimum atomic E-state index is -3.36. The lowest BCUT2D eigenvalue weighted by Crippen LogP contribution is -2.51. The zero-order valence-electron chi connectivity index (χ0n) is 8.72. The van der Waals surface area contributed by atoms with Crippen molar-refractivity contribution in [2.24, 2.45) is 0 Å². The molecule has 0 aliphatic carbocycles. The quantitative estimate of drug-likeness (QED) is 0.643. The second-order valence-corrected chi connectivity index (χ2v) is 5.24. The molecular formula is C7H18ClN3O3S. The van der Waals surface area contributed by atoms with E-state index in [2.05, 4.69) is 5.32 Å². The lowest BCUT2D eigenvalue weighted by Gasteiger charge is -2.30. The van der Waals surface area contributed by atoms with Gasteiger partial charge in [-0.2, -0.15) is 17.0 Å². The highest BCUT2D eigenvalue weighted by atomic mass is 35.5. The van der Waals surface area contributed by atoms with Gasteiger partial charge < -0.3 is 10.4 Å². The van der Waals surface area contributed by atoms with Crippen LogP contribution >= 0.6 is 12.4 Å². The summed E-state index contributed by atoms with van der Waals surface area (Å²) in [6, 6.07) is 0. The van der Waals surface area contributed by atoms with Crippen molar-refractivity contribution in [3.05, 3.63) is 0 Å². The summed E-state index contributed by atoms with van der Waals surface area (Å²) in [7, 11) is -1.88. The normalized spacial score (nSPS) is 18.9. The van der Waals surface area contributed by atoms with Crippen molar-refractivity contribution >= 4 is 22.6 Å². The van der Waals surface area contributed by atoms with E-state index in [0.717, 1.165) is 0 Å². The van der Waals surface area contributed by atoms with E-state index in [4.69, 9.17) is 5.11 Å². The maximum atomic E-state index is 11.8. The molecule has 0 aromatic carbocycles. The van der Waals surface area contributed by atoms with Crippen LogP contribution in [0.3, 0.4) is 0 Å². The zero-order chi connectivity index (χ0) is 10.6. The highest BCUT2D eigenvalue weighted by Crippen LogP contribution is 2.06. The SMILES string of the molecule is CN(CCO)S(=O)(=O)N1CCNCC1.Cl. The molecule has 0 unspecified atom stereocenters. The Morgan fingerprint density at radius 1 is 1.40 bits per heavy atom. The predicted molar refractivity (Wildman–Crippen MR) is 60.3 cm³/mol. The van der Waals surface area contributed by atoms with Crippen LogP contribution in [0.25, 0.3) is 0 Å². The van der Waals surface area contributed by atoms with Crippen molar-refractivity contribution in [2.45, 2.75) is 0 Å². The molecule has 15 heavy (non-hydrogen) atoms. The van der Waals surface area contributed by atoms with Crippen LogP contribution in [0.4, 0.5) is 0 Å². The second kappa shape index (κ2) is 6.62. The van der Waals surface area contributed by atoms with Gasteiger partial charge in [-0.1, -0.05) is 0 Å². The fourth-order valence-corrected chi connectivity index (χ4v) is 2.68. The number of aliphatic hydroxyl groups excluding tert-OH is 1. The highest BCUT2D eigenvalue weighted by Gasteiger charge is 2.27. The molecule has 0 spiro atoms. The van der Waals surface area contributed by atoms with Crippen molar-refractivity contribution in [2.75, 3.05) is 46.4 Å². The van der Waals surface area contributed by atoms with Crippen LogP contribution in [-0.2, 0) is 10.2 Å². The second-order valence-electron chi connectivity index (χ2n) is 3.20. The van der Waals surface area contributed by atoms with Gasteiger partial charge in [0.2, 0.25) is 0 Å². The van der Waals surface area contributed by atoms with E-state index in [0.29, 0.717) is 26.2 Å². The molecule has 0 amide bonds. The molecule has 0 aromatic heterocycles. The molecule has 0 bridgehead atoms. The molecule has 1 fully saturated rings. The van der Waals surface area contributed by atoms with Gasteiger partial charge >= 0.3 is 0 Å². The monoisotopic (exact) mass is 259 g/mol. The lowest BCUT2D eigenvalue weighted by atomic mass is 10.4. The van der Waals surface area contributed by atoms with E-state index in [-0.39, 0.29) is 25.6 Å². The minimum absolute atomic E-state index is 0. The largest absolute Gasteiger partial charge is 0.395 e. The van der Waals surface area contributed by atoms with Crippen LogP contribution in [0.2, 0.25) is 0 Å². The van der Waals surface area contributed by atoms with Gasteiger partial charge in [-0.15, -0.1) is 12.4 Å². The van der Waals surface area contributed by atoms with Crippen molar-refractivity contribution in [1.82, 2.24) is 13.9 Å². The summed E-state index contributed by atoms with van der Waals surface area (Å²) in [4.78, 5) is 0. The number of hydrogen-bond donors (Lipinski definition) is 2. The molecule has 8 heteroatoms. The summed E-state index contributed by atoms with van der Waals surface area (Å²) in [6.45, 7) is 2.36. The van der Waals surface area contributed by atoms with Crippen molar-refractivity contribution in [3.8, 4) is 0 Å². The Balaban J connectivity index is 0.00000196. The fraction of sp³-hybridized carbons (Fsp3) is 1.00. The van der Waals surface area contributed by atoms with Crippen molar-refractivity contribution in [1.29, 1.82) is 0 Å². The van der Waals surface area contributed by atoms with Crippen LogP contribution in [0, 0.1) is 0 Å². The first kappa shape index (κ1) is 15.1. The van der Waals surface area contributed by atoms with Gasteiger partial charge in [-0.05, 0) is 0 Å². The third kappa shape index (κ3) is 3.86. The number of hydrogen-bond acceptors (Lipinski definition) is 4. The van der Waals surface area contributed by atoms with Crippen LogP contribution in [0.1, 0.15) is 0 Å². The molecule has 1 rings (SSSR count). The maximum Gasteiger partial charge on any atom is 0.281 e. The molecule has 0 radical (unpaired) electrons. The minimum Gasteiger partial charge on any atom is -0.395 e. The Bertz CT molecular complexity index is 267. The van der Waals surface area contributed by atoms with Gasteiger partial charge in [0.1, 0.15) is 0 Å². The first-order chi connectivity index (χ1) is 6.59. The average molecular weight is 260 g/mol. The van der Waals surface area contributed by atoms with E-state index < -0.39 is 10.2 Å². The smallest absolute Gasteiger partial charge is 0.281 e. The molecular weight excluding hydrogens is 242 g/mol. The zero-order valence-corrected chi connectivity index (χ0v) is 10.4. The Morgan fingerprint density at radius 3 is 2.40 bits per heavy atom. The first-order valence-corrected chi connectivity index (χ1v) is 6.01. The van der Waals surface area contributed by atoms with Gasteiger partial charge in [-0.3, -0.25) is 0 Å². The molecule has 0 atom stereocenters. The molecule has 92 valence electrons. The molecule has 0 saturated carbocycles. The third-order valence-electron chi connectivity index (χ3n) is 2.21.